The number of anilines is 1. The van der Waals surface area contributed by atoms with Crippen LogP contribution in [0.2, 0.25) is 0 Å². The van der Waals surface area contributed by atoms with Crippen molar-refractivity contribution in [2.75, 3.05) is 5.32 Å². The Morgan fingerprint density at radius 3 is 2.71 bits per heavy atom. The number of nitrogens with zero attached hydrogens (tertiary/aromatic N) is 3. The molecule has 0 unspecified atom stereocenters. The number of aryl methyl sites for hydroxylation is 1. The topological polar surface area (TPSA) is 107 Å². The SMILES string of the molecule is Cn1nc(C(=O)Nc2cc([N+](=O)[O-])ccc2F)ccc1=O. The van der Waals surface area contributed by atoms with Crippen LogP contribution < -0.4 is 10.9 Å². The maximum Gasteiger partial charge on any atom is 0.276 e. The lowest BCUT2D eigenvalue weighted by Crippen LogP contribution is -2.23. The van der Waals surface area contributed by atoms with Crippen molar-refractivity contribution in [3.8, 4) is 0 Å². The summed E-state index contributed by atoms with van der Waals surface area (Å²) >= 11 is 0. The highest BCUT2D eigenvalue weighted by Crippen LogP contribution is 2.21. The van der Waals surface area contributed by atoms with E-state index < -0.39 is 22.2 Å². The van der Waals surface area contributed by atoms with Crippen LogP contribution in [-0.4, -0.2) is 20.6 Å². The number of nitro benzene ring substituents is 1. The van der Waals surface area contributed by atoms with Gasteiger partial charge < -0.3 is 5.32 Å². The van der Waals surface area contributed by atoms with Crippen molar-refractivity contribution in [3.63, 3.8) is 0 Å². The van der Waals surface area contributed by atoms with Gasteiger partial charge in [-0.05, 0) is 12.1 Å². The van der Waals surface area contributed by atoms with E-state index in [-0.39, 0.29) is 17.1 Å². The van der Waals surface area contributed by atoms with Crippen molar-refractivity contribution in [2.45, 2.75) is 0 Å². The van der Waals surface area contributed by atoms with Gasteiger partial charge in [-0.15, -0.1) is 0 Å². The minimum absolute atomic E-state index is 0.122. The van der Waals surface area contributed by atoms with E-state index in [4.69, 9.17) is 0 Å². The first-order chi connectivity index (χ1) is 9.88. The van der Waals surface area contributed by atoms with Crippen molar-refractivity contribution in [2.24, 2.45) is 7.05 Å². The molecule has 21 heavy (non-hydrogen) atoms. The molecule has 0 spiro atoms. The number of nitrogens with one attached hydrogen (secondary N) is 1. The molecule has 1 amide bonds. The number of hydrogen-bond acceptors (Lipinski definition) is 5. The summed E-state index contributed by atoms with van der Waals surface area (Å²) in [6.45, 7) is 0. The van der Waals surface area contributed by atoms with Crippen LogP contribution in [0.25, 0.3) is 0 Å². The van der Waals surface area contributed by atoms with Gasteiger partial charge in [0, 0.05) is 25.2 Å². The van der Waals surface area contributed by atoms with Gasteiger partial charge in [-0.1, -0.05) is 0 Å². The summed E-state index contributed by atoms with van der Waals surface area (Å²) in [4.78, 5) is 33.0. The molecule has 0 radical (unpaired) electrons. The van der Waals surface area contributed by atoms with E-state index in [0.717, 1.165) is 28.9 Å². The van der Waals surface area contributed by atoms with Crippen LogP contribution in [0.15, 0.2) is 35.1 Å². The molecule has 108 valence electrons. The van der Waals surface area contributed by atoms with E-state index >= 15 is 0 Å². The fourth-order valence-electron chi connectivity index (χ4n) is 1.53. The maximum atomic E-state index is 13.5. The molecule has 0 aliphatic rings. The maximum absolute atomic E-state index is 13.5. The third-order valence-electron chi connectivity index (χ3n) is 2.60. The van der Waals surface area contributed by atoms with Crippen molar-refractivity contribution >= 4 is 17.3 Å². The van der Waals surface area contributed by atoms with Crippen LogP contribution in [0.4, 0.5) is 15.8 Å². The van der Waals surface area contributed by atoms with Crippen molar-refractivity contribution < 1.29 is 14.1 Å². The first kappa shape index (κ1) is 14.3. The molecule has 0 bridgehead atoms. The molecule has 0 fully saturated rings. The fraction of sp³-hybridized carbons (Fsp3) is 0.0833. The van der Waals surface area contributed by atoms with E-state index in [0.29, 0.717) is 0 Å². The van der Waals surface area contributed by atoms with Gasteiger partial charge in [-0.25, -0.2) is 9.07 Å². The normalized spacial score (nSPS) is 10.2. The highest BCUT2D eigenvalue weighted by molar-refractivity contribution is 6.02. The van der Waals surface area contributed by atoms with Gasteiger partial charge in [0.2, 0.25) is 0 Å². The smallest absolute Gasteiger partial charge is 0.276 e. The number of halogens is 1. The highest BCUT2D eigenvalue weighted by atomic mass is 19.1. The van der Waals surface area contributed by atoms with E-state index in [2.05, 4.69) is 10.4 Å². The molecule has 0 saturated carbocycles. The number of carbonyl (C=O) groups is 1. The number of hydrogen-bond donors (Lipinski definition) is 1. The summed E-state index contributed by atoms with van der Waals surface area (Å²) in [6, 6.07) is 5.06. The molecule has 0 aliphatic carbocycles. The summed E-state index contributed by atoms with van der Waals surface area (Å²) in [5.74, 6) is -1.61. The first-order valence-corrected chi connectivity index (χ1v) is 5.68. The van der Waals surface area contributed by atoms with Gasteiger partial charge in [-0.2, -0.15) is 5.10 Å². The van der Waals surface area contributed by atoms with Gasteiger partial charge in [0.05, 0.1) is 10.6 Å². The Balaban J connectivity index is 2.30. The first-order valence-electron chi connectivity index (χ1n) is 5.68. The third-order valence-corrected chi connectivity index (χ3v) is 2.60. The van der Waals surface area contributed by atoms with Crippen molar-refractivity contribution in [1.82, 2.24) is 9.78 Å². The second-order valence-corrected chi connectivity index (χ2v) is 4.06. The average Bonchev–Trinajstić information content (AvgIpc) is 2.43. The Hall–Kier alpha value is -3.10. The van der Waals surface area contributed by atoms with Crippen LogP contribution in [0.1, 0.15) is 10.5 Å². The highest BCUT2D eigenvalue weighted by Gasteiger charge is 2.15. The average molecular weight is 292 g/mol. The zero-order valence-corrected chi connectivity index (χ0v) is 10.7. The van der Waals surface area contributed by atoms with Gasteiger partial charge in [0.25, 0.3) is 17.2 Å². The number of amides is 1. The molecule has 2 aromatic rings. The Labute approximate surface area is 117 Å². The Kier molecular flexibility index (Phi) is 3.74. The number of carbonyl (C=O) groups excluding carboxylic acids is 1. The second kappa shape index (κ2) is 5.49. The van der Waals surface area contributed by atoms with E-state index in [1.165, 1.54) is 13.1 Å². The van der Waals surface area contributed by atoms with E-state index in [9.17, 15) is 24.1 Å². The monoisotopic (exact) mass is 292 g/mol. The van der Waals surface area contributed by atoms with Gasteiger partial charge in [0.15, 0.2) is 0 Å². The predicted octanol–water partition coefficient (Wildman–Crippen LogP) is 1.08. The van der Waals surface area contributed by atoms with Crippen LogP contribution >= 0.6 is 0 Å². The Bertz CT molecular complexity index is 787. The molecule has 1 aromatic heterocycles. The number of non-ortho nitro benzene ring substituents is 1. The van der Waals surface area contributed by atoms with E-state index in [1.807, 2.05) is 0 Å². The zero-order valence-electron chi connectivity index (χ0n) is 10.7. The van der Waals surface area contributed by atoms with Crippen molar-refractivity contribution in [3.05, 3.63) is 62.3 Å². The van der Waals surface area contributed by atoms with Crippen LogP contribution in [0.3, 0.4) is 0 Å². The summed E-state index contributed by atoms with van der Waals surface area (Å²) in [7, 11) is 1.35. The molecular formula is C12H9FN4O4. The number of rotatable bonds is 3. The molecule has 0 aliphatic heterocycles. The minimum atomic E-state index is -0.821. The summed E-state index contributed by atoms with van der Waals surface area (Å²) < 4.78 is 14.5. The second-order valence-electron chi connectivity index (χ2n) is 4.06. The number of aromatic nitrogens is 2. The Morgan fingerprint density at radius 1 is 1.38 bits per heavy atom. The molecule has 9 heteroatoms. The molecular weight excluding hydrogens is 283 g/mol. The molecule has 0 saturated heterocycles. The van der Waals surface area contributed by atoms with Gasteiger partial charge in [0.1, 0.15) is 11.5 Å². The molecule has 1 aromatic carbocycles. The van der Waals surface area contributed by atoms with E-state index in [1.54, 1.807) is 0 Å². The van der Waals surface area contributed by atoms with Crippen molar-refractivity contribution in [1.29, 1.82) is 0 Å². The van der Waals surface area contributed by atoms with Gasteiger partial charge in [-0.3, -0.25) is 19.7 Å². The minimum Gasteiger partial charge on any atom is -0.318 e. The fourth-order valence-corrected chi connectivity index (χ4v) is 1.53. The quantitative estimate of drug-likeness (QED) is 0.672. The van der Waals surface area contributed by atoms with Crippen LogP contribution in [0, 0.1) is 15.9 Å². The molecule has 2 rings (SSSR count). The number of nitro groups is 1. The number of benzene rings is 1. The van der Waals surface area contributed by atoms with Gasteiger partial charge >= 0.3 is 0 Å². The van der Waals surface area contributed by atoms with Crippen LogP contribution in [0.5, 0.6) is 0 Å². The molecule has 1 N–H and O–H groups in total. The van der Waals surface area contributed by atoms with Crippen LogP contribution in [-0.2, 0) is 7.05 Å². The summed E-state index contributed by atoms with van der Waals surface area (Å²) in [6.07, 6.45) is 0. The largest absolute Gasteiger partial charge is 0.318 e. The lowest BCUT2D eigenvalue weighted by molar-refractivity contribution is -0.384. The summed E-state index contributed by atoms with van der Waals surface area (Å²) in [5.41, 5.74) is -1.24. The molecule has 0 atom stereocenters. The standard InChI is InChI=1S/C12H9FN4O4/c1-16-11(18)5-4-9(15-16)12(19)14-10-6-7(17(20)21)2-3-8(10)13/h2-6H,1H3,(H,14,19). The lowest BCUT2D eigenvalue weighted by atomic mass is 10.2. The summed E-state index contributed by atoms with van der Waals surface area (Å²) in [5, 5.41) is 16.5. The Morgan fingerprint density at radius 2 is 2.10 bits per heavy atom. The third kappa shape index (κ3) is 3.08. The lowest BCUT2D eigenvalue weighted by Gasteiger charge is -2.06. The zero-order chi connectivity index (χ0) is 15.6. The predicted molar refractivity (Wildman–Crippen MR) is 70.5 cm³/mol. The molecule has 1 heterocycles. The molecule has 8 nitrogen and oxygen atoms in total.